The van der Waals surface area contributed by atoms with Gasteiger partial charge in [0.15, 0.2) is 0 Å². The van der Waals surface area contributed by atoms with Gasteiger partial charge in [0.1, 0.15) is 5.65 Å². The average Bonchev–Trinajstić information content (AvgIpc) is 3.26. The number of imidazole rings is 1. The minimum Gasteiger partial charge on any atom is -0.381 e. The highest BCUT2D eigenvalue weighted by molar-refractivity contribution is 5.94. The zero-order valence-electron chi connectivity index (χ0n) is 14.5. The van der Waals surface area contributed by atoms with Gasteiger partial charge in [-0.05, 0) is 43.5 Å². The number of carbonyl (C=O) groups excluding carboxylic acids is 1. The summed E-state index contributed by atoms with van der Waals surface area (Å²) >= 11 is 0. The van der Waals surface area contributed by atoms with E-state index in [0.29, 0.717) is 13.2 Å². The number of nitrogens with zero attached hydrogens (tertiary/aromatic N) is 2. The van der Waals surface area contributed by atoms with Crippen molar-refractivity contribution in [2.75, 3.05) is 18.5 Å². The largest absolute Gasteiger partial charge is 0.381 e. The van der Waals surface area contributed by atoms with Crippen LogP contribution in [0.1, 0.15) is 17.5 Å². The molecule has 1 aliphatic rings. The van der Waals surface area contributed by atoms with E-state index in [4.69, 9.17) is 9.72 Å². The number of nitrogens with one attached hydrogen (secondary N) is 1. The molecule has 1 amide bonds. The van der Waals surface area contributed by atoms with Crippen LogP contribution in [0.5, 0.6) is 0 Å². The van der Waals surface area contributed by atoms with Gasteiger partial charge >= 0.3 is 0 Å². The zero-order valence-corrected chi connectivity index (χ0v) is 14.5. The lowest BCUT2D eigenvalue weighted by Gasteiger charge is -2.12. The van der Waals surface area contributed by atoms with E-state index in [1.54, 1.807) is 0 Å². The molecule has 0 bridgehead atoms. The molecule has 0 unspecified atom stereocenters. The Morgan fingerprint density at radius 3 is 2.92 bits per heavy atom. The Bertz CT molecular complexity index is 939. The van der Waals surface area contributed by atoms with Crippen molar-refractivity contribution in [3.05, 3.63) is 53.9 Å². The van der Waals surface area contributed by atoms with Crippen molar-refractivity contribution >= 4 is 17.2 Å². The van der Waals surface area contributed by atoms with Crippen LogP contribution in [0.2, 0.25) is 0 Å². The first-order valence-electron chi connectivity index (χ1n) is 8.56. The number of rotatable bonds is 3. The number of fused-ring (bicyclic) bond motifs is 1. The summed E-state index contributed by atoms with van der Waals surface area (Å²) in [6.07, 6.45) is 4.80. The molecule has 1 saturated heterocycles. The maximum absolute atomic E-state index is 12.4. The fourth-order valence-corrected chi connectivity index (χ4v) is 3.18. The summed E-state index contributed by atoms with van der Waals surface area (Å²) in [6.45, 7) is 5.23. The van der Waals surface area contributed by atoms with Crippen LogP contribution in [0.25, 0.3) is 16.9 Å². The van der Waals surface area contributed by atoms with Crippen molar-refractivity contribution in [3.8, 4) is 11.3 Å². The topological polar surface area (TPSA) is 55.6 Å². The molecule has 5 nitrogen and oxygen atoms in total. The van der Waals surface area contributed by atoms with Gasteiger partial charge in [0.2, 0.25) is 5.91 Å². The van der Waals surface area contributed by atoms with Gasteiger partial charge in [-0.2, -0.15) is 0 Å². The molecule has 3 aromatic rings. The van der Waals surface area contributed by atoms with E-state index in [9.17, 15) is 4.79 Å². The number of anilines is 1. The first-order valence-corrected chi connectivity index (χ1v) is 8.56. The number of hydrogen-bond donors (Lipinski definition) is 1. The van der Waals surface area contributed by atoms with Crippen LogP contribution in [-0.4, -0.2) is 28.5 Å². The Hall–Kier alpha value is -2.66. The fourth-order valence-electron chi connectivity index (χ4n) is 3.18. The molecule has 25 heavy (non-hydrogen) atoms. The summed E-state index contributed by atoms with van der Waals surface area (Å²) in [5, 5.41) is 3.05. The number of benzene rings is 1. The molecule has 4 rings (SSSR count). The van der Waals surface area contributed by atoms with Gasteiger partial charge in [-0.15, -0.1) is 0 Å². The van der Waals surface area contributed by atoms with E-state index in [1.165, 1.54) is 0 Å². The second-order valence-electron chi connectivity index (χ2n) is 6.63. The van der Waals surface area contributed by atoms with Crippen molar-refractivity contribution in [1.29, 1.82) is 0 Å². The van der Waals surface area contributed by atoms with Gasteiger partial charge in [0.05, 0.1) is 18.2 Å². The van der Waals surface area contributed by atoms with Gasteiger partial charge in [-0.3, -0.25) is 4.79 Å². The quantitative estimate of drug-likeness (QED) is 0.796. The Morgan fingerprint density at radius 2 is 2.16 bits per heavy atom. The SMILES string of the molecule is Cc1ccc(-c2cn3cccc(C)c3n2)cc1NC(=O)[C@H]1CCOC1. The molecule has 128 valence electrons. The van der Waals surface area contributed by atoms with Crippen molar-refractivity contribution in [2.45, 2.75) is 20.3 Å². The van der Waals surface area contributed by atoms with E-state index in [1.807, 2.05) is 48.0 Å². The second-order valence-corrected chi connectivity index (χ2v) is 6.63. The molecule has 2 aromatic heterocycles. The smallest absolute Gasteiger partial charge is 0.229 e. The Labute approximate surface area is 146 Å². The molecule has 0 spiro atoms. The highest BCUT2D eigenvalue weighted by atomic mass is 16.5. The molecule has 1 aromatic carbocycles. The third-order valence-electron chi connectivity index (χ3n) is 4.77. The lowest BCUT2D eigenvalue weighted by Crippen LogP contribution is -2.23. The van der Waals surface area contributed by atoms with E-state index >= 15 is 0 Å². The van der Waals surface area contributed by atoms with Crippen molar-refractivity contribution in [2.24, 2.45) is 5.92 Å². The van der Waals surface area contributed by atoms with Crippen LogP contribution in [-0.2, 0) is 9.53 Å². The normalized spacial score (nSPS) is 17.1. The van der Waals surface area contributed by atoms with E-state index in [-0.39, 0.29) is 11.8 Å². The second kappa shape index (κ2) is 6.33. The standard InChI is InChI=1S/C20H21N3O2/c1-13-5-6-15(10-17(13)22-20(24)16-7-9-25-12-16)18-11-23-8-3-4-14(2)19(23)21-18/h3-6,8,10-11,16H,7,9,12H2,1-2H3,(H,22,24)/t16-/m0/s1. The third kappa shape index (κ3) is 3.03. The molecule has 0 aliphatic carbocycles. The number of amides is 1. The molecule has 0 radical (unpaired) electrons. The van der Waals surface area contributed by atoms with Crippen LogP contribution in [0, 0.1) is 19.8 Å². The van der Waals surface area contributed by atoms with E-state index < -0.39 is 0 Å². The molecule has 1 aliphatic heterocycles. The molecule has 3 heterocycles. The van der Waals surface area contributed by atoms with Crippen LogP contribution in [0.15, 0.2) is 42.7 Å². The summed E-state index contributed by atoms with van der Waals surface area (Å²) < 4.78 is 7.34. The van der Waals surface area contributed by atoms with Crippen molar-refractivity contribution < 1.29 is 9.53 Å². The predicted molar refractivity (Wildman–Crippen MR) is 97.7 cm³/mol. The fraction of sp³-hybridized carbons (Fsp3) is 0.300. The summed E-state index contributed by atoms with van der Waals surface area (Å²) in [5.74, 6) is -0.0236. The maximum Gasteiger partial charge on any atom is 0.229 e. The molecular weight excluding hydrogens is 314 g/mol. The minimum atomic E-state index is -0.0547. The number of ether oxygens (including phenoxy) is 1. The van der Waals surface area contributed by atoms with Crippen molar-refractivity contribution in [3.63, 3.8) is 0 Å². The number of hydrogen-bond acceptors (Lipinski definition) is 3. The molecular formula is C20H21N3O2. The van der Waals surface area contributed by atoms with Gasteiger partial charge < -0.3 is 14.5 Å². The highest BCUT2D eigenvalue weighted by Gasteiger charge is 2.24. The van der Waals surface area contributed by atoms with Gasteiger partial charge in [-0.1, -0.05) is 18.2 Å². The van der Waals surface area contributed by atoms with Crippen LogP contribution < -0.4 is 5.32 Å². The third-order valence-corrected chi connectivity index (χ3v) is 4.77. The van der Waals surface area contributed by atoms with E-state index in [0.717, 1.165) is 40.1 Å². The maximum atomic E-state index is 12.4. The van der Waals surface area contributed by atoms with E-state index in [2.05, 4.69) is 18.3 Å². The Morgan fingerprint density at radius 1 is 1.28 bits per heavy atom. The highest BCUT2D eigenvalue weighted by Crippen LogP contribution is 2.27. The summed E-state index contributed by atoms with van der Waals surface area (Å²) in [6, 6.07) is 10.1. The van der Waals surface area contributed by atoms with Crippen LogP contribution >= 0.6 is 0 Å². The summed E-state index contributed by atoms with van der Waals surface area (Å²) in [7, 11) is 0. The van der Waals surface area contributed by atoms with Crippen LogP contribution in [0.3, 0.4) is 0 Å². The van der Waals surface area contributed by atoms with Gasteiger partial charge in [0.25, 0.3) is 0 Å². The molecule has 5 heteroatoms. The van der Waals surface area contributed by atoms with Gasteiger partial charge in [0, 0.05) is 30.3 Å². The molecule has 1 fully saturated rings. The number of aromatic nitrogens is 2. The monoisotopic (exact) mass is 335 g/mol. The lowest BCUT2D eigenvalue weighted by molar-refractivity contribution is -0.119. The number of carbonyl (C=O) groups is 1. The number of pyridine rings is 1. The van der Waals surface area contributed by atoms with Gasteiger partial charge in [-0.25, -0.2) is 4.98 Å². The van der Waals surface area contributed by atoms with Crippen LogP contribution in [0.4, 0.5) is 5.69 Å². The van der Waals surface area contributed by atoms with Crippen molar-refractivity contribution in [1.82, 2.24) is 9.38 Å². The zero-order chi connectivity index (χ0) is 17.4. The first kappa shape index (κ1) is 15.8. The first-order chi connectivity index (χ1) is 12.1. The summed E-state index contributed by atoms with van der Waals surface area (Å²) in [4.78, 5) is 17.1. The minimum absolute atomic E-state index is 0.0311. The summed E-state index contributed by atoms with van der Waals surface area (Å²) in [5.41, 5.74) is 5.85. The molecule has 0 saturated carbocycles. The Kier molecular flexibility index (Phi) is 4.01. The Balaban J connectivity index is 1.66. The number of aryl methyl sites for hydroxylation is 2. The predicted octanol–water partition coefficient (Wildman–Crippen LogP) is 3.59. The lowest BCUT2D eigenvalue weighted by atomic mass is 10.1. The average molecular weight is 335 g/mol. The molecule has 1 N–H and O–H groups in total. The molecule has 1 atom stereocenters.